The van der Waals surface area contributed by atoms with Crippen molar-refractivity contribution in [3.63, 3.8) is 0 Å². The van der Waals surface area contributed by atoms with E-state index >= 15 is 0 Å². The van der Waals surface area contributed by atoms with Crippen LogP contribution in [0, 0.1) is 6.92 Å². The van der Waals surface area contributed by atoms with Crippen LogP contribution in [0.2, 0.25) is 0 Å². The standard InChI is InChI=1S/C22H21NO2S/c1-18-12-15-21(16-13-18)26(24,25)23-22(20-10-6-3-7-11-20)17-14-19-8-4-2-5-9-19/h2-17,22-23H,1H3/b17-14+/t22-/m0/s1. The molecule has 3 nitrogen and oxygen atoms in total. The molecule has 0 aliphatic carbocycles. The summed E-state index contributed by atoms with van der Waals surface area (Å²) in [6.07, 6.45) is 3.80. The molecular formula is C22H21NO2S. The zero-order valence-electron chi connectivity index (χ0n) is 14.5. The highest BCUT2D eigenvalue weighted by Crippen LogP contribution is 2.20. The summed E-state index contributed by atoms with van der Waals surface area (Å²) in [5, 5.41) is 0. The molecule has 0 aliphatic heterocycles. The van der Waals surface area contributed by atoms with E-state index in [1.807, 2.05) is 79.7 Å². The average molecular weight is 363 g/mol. The molecule has 0 amide bonds. The van der Waals surface area contributed by atoms with Gasteiger partial charge in [-0.05, 0) is 30.2 Å². The van der Waals surface area contributed by atoms with Crippen LogP contribution in [-0.2, 0) is 10.0 Å². The molecule has 0 bridgehead atoms. The predicted octanol–water partition coefficient (Wildman–Crippen LogP) is 4.73. The summed E-state index contributed by atoms with van der Waals surface area (Å²) in [5.74, 6) is 0. The lowest BCUT2D eigenvalue weighted by atomic mass is 10.1. The van der Waals surface area contributed by atoms with Crippen LogP contribution in [0.25, 0.3) is 6.08 Å². The van der Waals surface area contributed by atoms with Gasteiger partial charge in [-0.2, -0.15) is 4.72 Å². The molecule has 1 N–H and O–H groups in total. The first kappa shape index (κ1) is 18.1. The largest absolute Gasteiger partial charge is 0.241 e. The van der Waals surface area contributed by atoms with Crippen molar-refractivity contribution in [3.05, 3.63) is 108 Å². The van der Waals surface area contributed by atoms with E-state index in [2.05, 4.69) is 4.72 Å². The van der Waals surface area contributed by atoms with E-state index < -0.39 is 16.1 Å². The van der Waals surface area contributed by atoms with Gasteiger partial charge in [0, 0.05) is 0 Å². The number of nitrogens with one attached hydrogen (secondary N) is 1. The van der Waals surface area contributed by atoms with E-state index in [0.717, 1.165) is 16.7 Å². The van der Waals surface area contributed by atoms with Gasteiger partial charge in [-0.15, -0.1) is 0 Å². The zero-order valence-corrected chi connectivity index (χ0v) is 15.4. The number of benzene rings is 3. The predicted molar refractivity (Wildman–Crippen MR) is 106 cm³/mol. The van der Waals surface area contributed by atoms with Gasteiger partial charge in [-0.1, -0.05) is 90.5 Å². The Labute approximate surface area is 155 Å². The zero-order chi connectivity index (χ0) is 18.4. The lowest BCUT2D eigenvalue weighted by Crippen LogP contribution is -2.27. The monoisotopic (exact) mass is 363 g/mol. The van der Waals surface area contributed by atoms with Gasteiger partial charge in [-0.3, -0.25) is 0 Å². The minimum absolute atomic E-state index is 0.261. The minimum atomic E-state index is -3.63. The van der Waals surface area contributed by atoms with Crippen molar-refractivity contribution < 1.29 is 8.42 Å². The molecular weight excluding hydrogens is 342 g/mol. The quantitative estimate of drug-likeness (QED) is 0.688. The van der Waals surface area contributed by atoms with E-state index in [1.54, 1.807) is 24.3 Å². The molecule has 0 saturated carbocycles. The van der Waals surface area contributed by atoms with Crippen LogP contribution in [0.15, 0.2) is 95.9 Å². The number of aryl methyl sites for hydroxylation is 1. The molecule has 0 aliphatic rings. The summed E-state index contributed by atoms with van der Waals surface area (Å²) in [6, 6.07) is 25.7. The van der Waals surface area contributed by atoms with Gasteiger partial charge in [0.15, 0.2) is 0 Å². The first-order chi connectivity index (χ1) is 12.5. The maximum Gasteiger partial charge on any atom is 0.241 e. The molecule has 3 aromatic carbocycles. The van der Waals surface area contributed by atoms with Crippen LogP contribution >= 0.6 is 0 Å². The van der Waals surface area contributed by atoms with Crippen molar-refractivity contribution in [3.8, 4) is 0 Å². The highest BCUT2D eigenvalue weighted by molar-refractivity contribution is 7.89. The van der Waals surface area contributed by atoms with Crippen molar-refractivity contribution in [2.75, 3.05) is 0 Å². The van der Waals surface area contributed by atoms with E-state index in [4.69, 9.17) is 0 Å². The molecule has 0 unspecified atom stereocenters. The Hall–Kier alpha value is -2.69. The third kappa shape index (κ3) is 4.69. The molecule has 0 heterocycles. The van der Waals surface area contributed by atoms with Gasteiger partial charge < -0.3 is 0 Å². The number of rotatable bonds is 6. The Bertz CT molecular complexity index is 964. The fourth-order valence-corrected chi connectivity index (χ4v) is 3.78. The van der Waals surface area contributed by atoms with Crippen LogP contribution in [0.3, 0.4) is 0 Å². The van der Waals surface area contributed by atoms with Crippen molar-refractivity contribution in [2.24, 2.45) is 0 Å². The van der Waals surface area contributed by atoms with E-state index in [-0.39, 0.29) is 4.90 Å². The SMILES string of the molecule is Cc1ccc(S(=O)(=O)N[C@@H](/C=C/c2ccccc2)c2ccccc2)cc1. The van der Waals surface area contributed by atoms with Crippen molar-refractivity contribution in [2.45, 2.75) is 17.9 Å². The molecule has 0 spiro atoms. The Kier molecular flexibility index (Phi) is 5.66. The Balaban J connectivity index is 1.91. The maximum atomic E-state index is 12.8. The first-order valence-corrected chi connectivity index (χ1v) is 9.90. The van der Waals surface area contributed by atoms with Gasteiger partial charge >= 0.3 is 0 Å². The van der Waals surface area contributed by atoms with Gasteiger partial charge in [-0.25, -0.2) is 8.42 Å². The molecule has 4 heteroatoms. The molecule has 0 saturated heterocycles. The third-order valence-corrected chi connectivity index (χ3v) is 5.51. The number of hydrogen-bond donors (Lipinski definition) is 1. The minimum Gasteiger partial charge on any atom is -0.207 e. The highest BCUT2D eigenvalue weighted by atomic mass is 32.2. The molecule has 3 aromatic rings. The fraction of sp³-hybridized carbons (Fsp3) is 0.0909. The summed E-state index contributed by atoms with van der Waals surface area (Å²) in [6.45, 7) is 1.93. The molecule has 132 valence electrons. The summed E-state index contributed by atoms with van der Waals surface area (Å²) in [7, 11) is -3.63. The van der Waals surface area contributed by atoms with Gasteiger partial charge in [0.2, 0.25) is 10.0 Å². The molecule has 3 rings (SSSR count). The lowest BCUT2D eigenvalue weighted by molar-refractivity contribution is 0.574. The van der Waals surface area contributed by atoms with Crippen LogP contribution in [0.5, 0.6) is 0 Å². The molecule has 1 atom stereocenters. The van der Waals surface area contributed by atoms with E-state index in [9.17, 15) is 8.42 Å². The number of hydrogen-bond acceptors (Lipinski definition) is 2. The maximum absolute atomic E-state index is 12.8. The van der Waals surface area contributed by atoms with Gasteiger partial charge in [0.05, 0.1) is 10.9 Å². The second kappa shape index (κ2) is 8.13. The summed E-state index contributed by atoms with van der Waals surface area (Å²) < 4.78 is 28.4. The lowest BCUT2D eigenvalue weighted by Gasteiger charge is -2.16. The van der Waals surface area contributed by atoms with Gasteiger partial charge in [0.1, 0.15) is 0 Å². The van der Waals surface area contributed by atoms with Gasteiger partial charge in [0.25, 0.3) is 0 Å². The Morgan fingerprint density at radius 2 is 1.38 bits per heavy atom. The van der Waals surface area contributed by atoms with Crippen molar-refractivity contribution in [1.29, 1.82) is 0 Å². The fourth-order valence-electron chi connectivity index (χ4n) is 2.60. The normalized spacial score (nSPS) is 13.0. The van der Waals surface area contributed by atoms with Crippen LogP contribution in [-0.4, -0.2) is 8.42 Å². The summed E-state index contributed by atoms with van der Waals surface area (Å²) >= 11 is 0. The smallest absolute Gasteiger partial charge is 0.207 e. The van der Waals surface area contributed by atoms with E-state index in [1.165, 1.54) is 0 Å². The van der Waals surface area contributed by atoms with E-state index in [0.29, 0.717) is 0 Å². The second-order valence-corrected chi connectivity index (χ2v) is 7.81. The van der Waals surface area contributed by atoms with Crippen LogP contribution in [0.4, 0.5) is 0 Å². The summed E-state index contributed by atoms with van der Waals surface area (Å²) in [4.78, 5) is 0.261. The topological polar surface area (TPSA) is 46.2 Å². The Morgan fingerprint density at radius 3 is 2.00 bits per heavy atom. The average Bonchev–Trinajstić information content (AvgIpc) is 2.67. The Morgan fingerprint density at radius 1 is 0.808 bits per heavy atom. The molecule has 0 radical (unpaired) electrons. The van der Waals surface area contributed by atoms with Crippen molar-refractivity contribution in [1.82, 2.24) is 4.72 Å². The third-order valence-electron chi connectivity index (χ3n) is 4.05. The molecule has 0 fully saturated rings. The second-order valence-electron chi connectivity index (χ2n) is 6.09. The van der Waals surface area contributed by atoms with Crippen molar-refractivity contribution >= 4 is 16.1 Å². The number of sulfonamides is 1. The first-order valence-electron chi connectivity index (χ1n) is 8.42. The summed E-state index contributed by atoms with van der Waals surface area (Å²) in [5.41, 5.74) is 2.92. The molecule has 0 aromatic heterocycles. The molecule has 26 heavy (non-hydrogen) atoms. The van der Waals surface area contributed by atoms with Crippen LogP contribution in [0.1, 0.15) is 22.7 Å². The van der Waals surface area contributed by atoms with Crippen LogP contribution < -0.4 is 4.72 Å². The highest BCUT2D eigenvalue weighted by Gasteiger charge is 2.19.